The summed E-state index contributed by atoms with van der Waals surface area (Å²) in [5.41, 5.74) is 2.00. The van der Waals surface area contributed by atoms with Crippen LogP contribution in [0.2, 0.25) is 0 Å². The van der Waals surface area contributed by atoms with Gasteiger partial charge in [-0.25, -0.2) is 13.8 Å². The van der Waals surface area contributed by atoms with Gasteiger partial charge >= 0.3 is 0 Å². The molecule has 0 aliphatic heterocycles. The second-order valence-electron chi connectivity index (χ2n) is 4.23. The molecule has 20 heavy (non-hydrogen) atoms. The number of nitrogens with zero attached hydrogens (tertiary/aromatic N) is 2. The van der Waals surface area contributed by atoms with Gasteiger partial charge in [0.2, 0.25) is 0 Å². The van der Waals surface area contributed by atoms with E-state index in [9.17, 15) is 8.78 Å². The van der Waals surface area contributed by atoms with E-state index in [4.69, 9.17) is 11.6 Å². The second-order valence-corrected chi connectivity index (χ2v) is 5.66. The molecule has 2 nitrogen and oxygen atoms in total. The number of aromatic nitrogens is 2. The molecule has 3 rings (SSSR count). The average molecular weight is 405 g/mol. The predicted octanol–water partition coefficient (Wildman–Crippen LogP) is 4.65. The molecule has 102 valence electrons. The molecule has 0 aliphatic rings. The highest BCUT2D eigenvalue weighted by atomic mass is 127. The van der Waals surface area contributed by atoms with E-state index in [0.29, 0.717) is 20.4 Å². The lowest BCUT2D eigenvalue weighted by atomic mass is 10.2. The summed E-state index contributed by atoms with van der Waals surface area (Å²) in [6, 6.07) is 8.78. The summed E-state index contributed by atoms with van der Waals surface area (Å²) in [5, 5.41) is 0. The normalized spacial score (nSPS) is 11.2. The Morgan fingerprint density at radius 3 is 2.50 bits per heavy atom. The third-order valence-corrected chi connectivity index (χ3v) is 4.06. The Balaban J connectivity index is 2.36. The van der Waals surface area contributed by atoms with E-state index in [1.54, 1.807) is 16.7 Å². The van der Waals surface area contributed by atoms with Crippen molar-refractivity contribution in [1.82, 2.24) is 9.55 Å². The first-order chi connectivity index (χ1) is 9.60. The van der Waals surface area contributed by atoms with Crippen LogP contribution in [-0.4, -0.2) is 9.55 Å². The molecular formula is C14H8ClF2IN2. The van der Waals surface area contributed by atoms with Gasteiger partial charge in [-0.05, 0) is 52.9 Å². The Hall–Kier alpha value is -1.21. The summed E-state index contributed by atoms with van der Waals surface area (Å²) in [5.74, 6) is 0.110. The third kappa shape index (κ3) is 2.29. The molecular weight excluding hydrogens is 397 g/mol. The van der Waals surface area contributed by atoms with Crippen molar-refractivity contribution in [3.8, 4) is 5.69 Å². The number of halogens is 4. The van der Waals surface area contributed by atoms with E-state index in [-0.39, 0.29) is 17.5 Å². The molecule has 0 amide bonds. The van der Waals surface area contributed by atoms with Crippen molar-refractivity contribution < 1.29 is 8.78 Å². The minimum Gasteiger partial charge on any atom is -0.294 e. The van der Waals surface area contributed by atoms with Crippen molar-refractivity contribution in [2.75, 3.05) is 0 Å². The van der Waals surface area contributed by atoms with Crippen molar-refractivity contribution in [3.05, 3.63) is 57.4 Å². The van der Waals surface area contributed by atoms with Crippen LogP contribution < -0.4 is 0 Å². The Morgan fingerprint density at radius 1 is 1.10 bits per heavy atom. The maximum atomic E-state index is 13.5. The van der Waals surface area contributed by atoms with Crippen LogP contribution in [0.1, 0.15) is 5.82 Å². The summed E-state index contributed by atoms with van der Waals surface area (Å²) < 4.78 is 29.2. The molecule has 0 aliphatic carbocycles. The first kappa shape index (κ1) is 13.8. The molecule has 1 heterocycles. The molecule has 0 N–H and O–H groups in total. The molecule has 3 aromatic rings. The molecule has 0 atom stereocenters. The summed E-state index contributed by atoms with van der Waals surface area (Å²) in [4.78, 5) is 4.38. The number of alkyl halides is 1. The summed E-state index contributed by atoms with van der Waals surface area (Å²) in [6.07, 6.45) is 0. The number of fused-ring (bicyclic) bond motifs is 1. The fourth-order valence-electron chi connectivity index (χ4n) is 2.12. The highest BCUT2D eigenvalue weighted by Crippen LogP contribution is 2.27. The van der Waals surface area contributed by atoms with E-state index in [1.165, 1.54) is 24.3 Å². The summed E-state index contributed by atoms with van der Waals surface area (Å²) >= 11 is 7.96. The van der Waals surface area contributed by atoms with Crippen molar-refractivity contribution in [1.29, 1.82) is 0 Å². The lowest BCUT2D eigenvalue weighted by Crippen LogP contribution is -2.02. The first-order valence-electron chi connectivity index (χ1n) is 5.78. The minimum absolute atomic E-state index is 0.184. The molecule has 0 unspecified atom stereocenters. The van der Waals surface area contributed by atoms with Crippen molar-refractivity contribution in [2.45, 2.75) is 5.88 Å². The standard InChI is InChI=1S/C14H8ClF2IN2/c15-7-14-19-11-3-1-9(17)6-13(11)20(14)12-4-2-8(16)5-10(12)18/h1-6H,7H2. The SMILES string of the molecule is Fc1ccc(-n2c(CCl)nc3ccc(F)cc32)c(I)c1. The quantitative estimate of drug-likeness (QED) is 0.449. The molecule has 2 aromatic carbocycles. The summed E-state index contributed by atoms with van der Waals surface area (Å²) in [6.45, 7) is 0. The van der Waals surface area contributed by atoms with Crippen LogP contribution in [0.25, 0.3) is 16.7 Å². The van der Waals surface area contributed by atoms with Crippen LogP contribution in [-0.2, 0) is 5.88 Å². The van der Waals surface area contributed by atoms with Gasteiger partial charge in [0.1, 0.15) is 17.5 Å². The van der Waals surface area contributed by atoms with Gasteiger partial charge in [-0.1, -0.05) is 0 Å². The van der Waals surface area contributed by atoms with Gasteiger partial charge in [0.15, 0.2) is 0 Å². The second kappa shape index (κ2) is 5.29. The Kier molecular flexibility index (Phi) is 3.64. The van der Waals surface area contributed by atoms with Crippen LogP contribution in [0.15, 0.2) is 36.4 Å². The Labute approximate surface area is 132 Å². The zero-order valence-electron chi connectivity index (χ0n) is 10.1. The van der Waals surface area contributed by atoms with Crippen molar-refractivity contribution >= 4 is 45.2 Å². The zero-order valence-corrected chi connectivity index (χ0v) is 13.0. The lowest BCUT2D eigenvalue weighted by Gasteiger charge is -2.10. The van der Waals surface area contributed by atoms with Crippen molar-refractivity contribution in [2.24, 2.45) is 0 Å². The van der Waals surface area contributed by atoms with Gasteiger partial charge in [0.25, 0.3) is 0 Å². The number of hydrogen-bond acceptors (Lipinski definition) is 1. The molecule has 0 saturated heterocycles. The number of imidazole rings is 1. The molecule has 0 spiro atoms. The van der Waals surface area contributed by atoms with Gasteiger partial charge in [-0.2, -0.15) is 0 Å². The van der Waals surface area contributed by atoms with Gasteiger partial charge < -0.3 is 0 Å². The van der Waals surface area contributed by atoms with Crippen LogP contribution in [0, 0.1) is 15.2 Å². The smallest absolute Gasteiger partial charge is 0.129 e. The maximum absolute atomic E-state index is 13.5. The fourth-order valence-corrected chi connectivity index (χ4v) is 3.02. The molecule has 0 saturated carbocycles. The monoisotopic (exact) mass is 404 g/mol. The highest BCUT2D eigenvalue weighted by Gasteiger charge is 2.14. The van der Waals surface area contributed by atoms with Gasteiger partial charge in [-0.3, -0.25) is 4.57 Å². The minimum atomic E-state index is -0.350. The van der Waals surface area contributed by atoms with E-state index in [2.05, 4.69) is 4.98 Å². The molecule has 0 fully saturated rings. The van der Waals surface area contributed by atoms with E-state index in [1.807, 2.05) is 22.6 Å². The summed E-state index contributed by atoms with van der Waals surface area (Å²) in [7, 11) is 0. The largest absolute Gasteiger partial charge is 0.294 e. The average Bonchev–Trinajstić information content (AvgIpc) is 2.76. The highest BCUT2D eigenvalue weighted by molar-refractivity contribution is 14.1. The van der Waals surface area contributed by atoms with Crippen LogP contribution in [0.4, 0.5) is 8.78 Å². The maximum Gasteiger partial charge on any atom is 0.129 e. The lowest BCUT2D eigenvalue weighted by molar-refractivity contribution is 0.625. The van der Waals surface area contributed by atoms with Gasteiger partial charge in [0.05, 0.1) is 22.6 Å². The van der Waals surface area contributed by atoms with E-state index < -0.39 is 0 Å². The van der Waals surface area contributed by atoms with Gasteiger partial charge in [-0.15, -0.1) is 11.6 Å². The van der Waals surface area contributed by atoms with Crippen LogP contribution >= 0.6 is 34.2 Å². The molecule has 0 radical (unpaired) electrons. The van der Waals surface area contributed by atoms with Crippen LogP contribution in [0.5, 0.6) is 0 Å². The first-order valence-corrected chi connectivity index (χ1v) is 7.40. The fraction of sp³-hybridized carbons (Fsp3) is 0.0714. The Morgan fingerprint density at radius 2 is 1.80 bits per heavy atom. The van der Waals surface area contributed by atoms with E-state index >= 15 is 0 Å². The number of rotatable bonds is 2. The molecule has 1 aromatic heterocycles. The van der Waals surface area contributed by atoms with Gasteiger partial charge in [0, 0.05) is 9.64 Å². The zero-order chi connectivity index (χ0) is 14.3. The molecule has 6 heteroatoms. The topological polar surface area (TPSA) is 17.8 Å². The third-order valence-electron chi connectivity index (χ3n) is 2.96. The van der Waals surface area contributed by atoms with Crippen LogP contribution in [0.3, 0.4) is 0 Å². The Bertz CT molecular complexity index is 801. The predicted molar refractivity (Wildman–Crippen MR) is 83.3 cm³/mol. The number of benzene rings is 2. The van der Waals surface area contributed by atoms with E-state index in [0.717, 1.165) is 5.69 Å². The molecule has 0 bridgehead atoms. The van der Waals surface area contributed by atoms with Crippen molar-refractivity contribution in [3.63, 3.8) is 0 Å². The number of hydrogen-bond donors (Lipinski definition) is 0.